The summed E-state index contributed by atoms with van der Waals surface area (Å²) < 4.78 is 101. The van der Waals surface area contributed by atoms with Gasteiger partial charge in [0.2, 0.25) is 0 Å². The Morgan fingerprint density at radius 1 is 0.136 bits per heavy atom. The Kier molecular flexibility index (Phi) is 40.0. The predicted octanol–water partition coefficient (Wildman–Crippen LogP) is 36.4. The number of ether oxygens (including phenoxy) is 6. The Labute approximate surface area is 787 Å². The van der Waals surface area contributed by atoms with Crippen LogP contribution in [0.4, 0.5) is 0 Å². The fourth-order valence-electron chi connectivity index (χ4n) is 15.7. The predicted molar refractivity (Wildman–Crippen MR) is 549 cm³/mol. The SMILES string of the molecule is CCCCCCCOc1ccc(-c2ccc(OP3(Oc4ccc(-c5ccc(OCCCCCCC)cc5)cc4)=NP(Oc4ccc(-c5ccc(OCCCCCCC)cc5)cc4)(Oc4ccc(-c5ccc(OCCCCCCC)cc5)cc4)=NP(Oc4ccc(-c5ccc(OCCCCCCC)cc5)cc4)(Oc4ccc(-c5ccc(OCCCCCCC)cc5)cc4)=N3)cc2)cc1. The van der Waals surface area contributed by atoms with Crippen molar-refractivity contribution < 1.29 is 55.6 Å². The lowest BCUT2D eigenvalue weighted by Gasteiger charge is -2.33. The minimum absolute atomic E-state index is 0.376. The molecular formula is C114H138N3O12P3. The summed E-state index contributed by atoms with van der Waals surface area (Å²) in [7, 11) is -13.5. The summed E-state index contributed by atoms with van der Waals surface area (Å²) in [4.78, 5) is 0. The molecule has 0 saturated heterocycles. The first kappa shape index (κ1) is 98.4. The van der Waals surface area contributed by atoms with Gasteiger partial charge in [0.25, 0.3) is 0 Å². The van der Waals surface area contributed by atoms with Gasteiger partial charge in [-0.3, -0.25) is 0 Å². The van der Waals surface area contributed by atoms with Crippen LogP contribution in [0.1, 0.15) is 234 Å². The molecule has 0 unspecified atom stereocenters. The molecule has 132 heavy (non-hydrogen) atoms. The van der Waals surface area contributed by atoms with Crippen LogP contribution in [0.25, 0.3) is 66.8 Å². The molecular weight excluding hydrogens is 1700 g/mol. The van der Waals surface area contributed by atoms with Crippen molar-refractivity contribution in [3.8, 4) is 136 Å². The number of benzene rings is 12. The second-order valence-electron chi connectivity index (χ2n) is 34.2. The summed E-state index contributed by atoms with van der Waals surface area (Å²) in [6.07, 6.45) is 34.8. The van der Waals surface area contributed by atoms with Gasteiger partial charge >= 0.3 is 23.0 Å². The van der Waals surface area contributed by atoms with E-state index in [1.54, 1.807) is 0 Å². The lowest BCUT2D eigenvalue weighted by Crippen LogP contribution is -2.11. The van der Waals surface area contributed by atoms with Gasteiger partial charge in [0, 0.05) is 0 Å². The van der Waals surface area contributed by atoms with Crippen LogP contribution in [0.2, 0.25) is 0 Å². The van der Waals surface area contributed by atoms with E-state index in [0.29, 0.717) is 74.1 Å². The summed E-state index contributed by atoms with van der Waals surface area (Å²) in [5.41, 5.74) is 11.6. The molecule has 0 spiro atoms. The zero-order valence-corrected chi connectivity index (χ0v) is 81.4. The molecule has 15 nitrogen and oxygen atoms in total. The Balaban J connectivity index is 0.961. The minimum atomic E-state index is -4.49. The highest BCUT2D eigenvalue weighted by atomic mass is 31.3. The van der Waals surface area contributed by atoms with Crippen LogP contribution < -0.4 is 55.6 Å². The lowest BCUT2D eigenvalue weighted by molar-refractivity contribution is 0.304. The van der Waals surface area contributed by atoms with Crippen molar-refractivity contribution in [2.24, 2.45) is 13.5 Å². The lowest BCUT2D eigenvalue weighted by atomic mass is 10.1. The van der Waals surface area contributed by atoms with Gasteiger partial charge in [0.1, 0.15) is 69.0 Å². The highest BCUT2D eigenvalue weighted by molar-refractivity contribution is 7.79. The van der Waals surface area contributed by atoms with Crippen molar-refractivity contribution in [1.29, 1.82) is 0 Å². The molecule has 1 heterocycles. The van der Waals surface area contributed by atoms with Gasteiger partial charge in [-0.1, -0.05) is 355 Å². The van der Waals surface area contributed by atoms with Gasteiger partial charge in [-0.05, 0) is 251 Å². The first-order valence-corrected chi connectivity index (χ1v) is 53.7. The van der Waals surface area contributed by atoms with E-state index in [-0.39, 0.29) is 0 Å². The summed E-state index contributed by atoms with van der Waals surface area (Å²) in [5.74, 6) is 7.21. The van der Waals surface area contributed by atoms with Crippen LogP contribution in [0.15, 0.2) is 305 Å². The van der Waals surface area contributed by atoms with E-state index in [1.165, 1.54) is 116 Å². The molecule has 0 aromatic heterocycles. The van der Waals surface area contributed by atoms with E-state index in [1.807, 2.05) is 218 Å². The van der Waals surface area contributed by atoms with Crippen molar-refractivity contribution >= 4 is 23.0 Å². The number of nitrogens with zero attached hydrogens (tertiary/aromatic N) is 3. The Morgan fingerprint density at radius 2 is 0.242 bits per heavy atom. The normalized spacial score (nSPS) is 12.9. The maximum absolute atomic E-state index is 7.67. The van der Waals surface area contributed by atoms with E-state index in [9.17, 15) is 0 Å². The monoisotopic (exact) mass is 1830 g/mol. The summed E-state index contributed by atoms with van der Waals surface area (Å²) >= 11 is 0. The fourth-order valence-corrected chi connectivity index (χ4v) is 24.7. The number of unbranched alkanes of at least 4 members (excludes halogenated alkanes) is 24. The number of hydrogen-bond acceptors (Lipinski definition) is 15. The molecule has 1 aliphatic heterocycles. The third-order valence-electron chi connectivity index (χ3n) is 23.4. The number of rotatable bonds is 60. The zero-order valence-electron chi connectivity index (χ0n) is 78.8. The van der Waals surface area contributed by atoms with Gasteiger partial charge < -0.3 is 55.6 Å². The largest absolute Gasteiger partial charge is 0.494 e. The fraction of sp³-hybridized carbons (Fsp3) is 0.368. The Bertz CT molecular complexity index is 4600. The molecule has 12 aromatic carbocycles. The maximum atomic E-state index is 7.67. The van der Waals surface area contributed by atoms with E-state index in [2.05, 4.69) is 114 Å². The molecule has 1 aliphatic rings. The van der Waals surface area contributed by atoms with E-state index in [0.717, 1.165) is 178 Å². The molecule has 0 atom stereocenters. The van der Waals surface area contributed by atoms with Crippen molar-refractivity contribution in [1.82, 2.24) is 0 Å². The average molecular weight is 1840 g/mol. The van der Waals surface area contributed by atoms with Crippen LogP contribution in [-0.4, -0.2) is 39.6 Å². The summed E-state index contributed by atoms with van der Waals surface area (Å²) in [6.45, 7) is 17.4. The third-order valence-corrected chi connectivity index (χ3v) is 31.5. The summed E-state index contributed by atoms with van der Waals surface area (Å²) in [5, 5.41) is 0. The Hall–Kier alpha value is -11.1. The second-order valence-corrected chi connectivity index (χ2v) is 40.3. The van der Waals surface area contributed by atoms with Gasteiger partial charge in [0.05, 0.1) is 39.6 Å². The first-order chi connectivity index (χ1) is 65.0. The van der Waals surface area contributed by atoms with Crippen molar-refractivity contribution in [3.63, 3.8) is 0 Å². The van der Waals surface area contributed by atoms with Gasteiger partial charge in [-0.15, -0.1) is 0 Å². The maximum Gasteiger partial charge on any atom is 0.460 e. The second kappa shape index (κ2) is 53.6. The molecule has 0 radical (unpaired) electrons. The molecule has 0 N–H and O–H groups in total. The third kappa shape index (κ3) is 31.6. The van der Waals surface area contributed by atoms with Crippen LogP contribution in [0, 0.1) is 0 Å². The van der Waals surface area contributed by atoms with Crippen LogP contribution >= 0.6 is 23.0 Å². The molecule has 0 aliphatic carbocycles. The van der Waals surface area contributed by atoms with Crippen LogP contribution in [0.5, 0.6) is 69.0 Å². The molecule has 13 rings (SSSR count). The molecule has 0 saturated carbocycles. The van der Waals surface area contributed by atoms with Crippen LogP contribution in [-0.2, 0) is 0 Å². The van der Waals surface area contributed by atoms with Gasteiger partial charge in [-0.25, -0.2) is 0 Å². The minimum Gasteiger partial charge on any atom is -0.494 e. The molecule has 18 heteroatoms. The molecule has 0 bridgehead atoms. The first-order valence-electron chi connectivity index (χ1n) is 49.1. The smallest absolute Gasteiger partial charge is 0.460 e. The standard InChI is InChI=1S/C114H138N3O12P3/c1-7-13-19-25-31-85-118-103-61-37-91(38-62-103)97-49-73-109(74-50-97)124-130(125-110-75-51-98(52-76-110)92-39-63-104(64-40-92)119-86-32-26-20-14-8-2)115-131(126-111-77-53-99(54-78-111)93-41-65-105(66-42-93)120-87-33-27-21-15-9-3,127-112-79-55-100(56-80-112)94-43-67-106(68-44-94)121-88-34-28-22-16-10-4)117-132(116-130,128-113-81-57-101(58-82-113)95-45-69-107(70-46-95)122-89-35-29-23-17-11-5)129-114-83-59-102(60-84-114)96-47-71-108(72-48-96)123-90-36-30-24-18-12-6/h37-84H,7-36,85-90H2,1-6H3. The van der Waals surface area contributed by atoms with E-state index < -0.39 is 23.0 Å². The van der Waals surface area contributed by atoms with Crippen molar-refractivity contribution in [3.05, 3.63) is 291 Å². The van der Waals surface area contributed by atoms with Crippen LogP contribution in [0.3, 0.4) is 0 Å². The highest BCUT2D eigenvalue weighted by Gasteiger charge is 2.49. The molecule has 696 valence electrons. The van der Waals surface area contributed by atoms with E-state index in [4.69, 9.17) is 69.1 Å². The van der Waals surface area contributed by atoms with Crippen molar-refractivity contribution in [2.75, 3.05) is 39.6 Å². The van der Waals surface area contributed by atoms with Gasteiger partial charge in [-0.2, -0.15) is 0 Å². The highest BCUT2D eigenvalue weighted by Crippen LogP contribution is 2.79. The van der Waals surface area contributed by atoms with E-state index >= 15 is 0 Å². The quantitative estimate of drug-likeness (QED) is 0.0264. The van der Waals surface area contributed by atoms with Gasteiger partial charge in [0.15, 0.2) is 0 Å². The zero-order chi connectivity index (χ0) is 91.4. The molecule has 12 aromatic rings. The topological polar surface area (TPSA) is 148 Å². The summed E-state index contributed by atoms with van der Waals surface area (Å²) in [6, 6.07) is 96.8. The molecule has 0 amide bonds. The average Bonchev–Trinajstić information content (AvgIpc) is 0.726. The molecule has 0 fully saturated rings. The number of hydrogen-bond donors (Lipinski definition) is 0. The Morgan fingerprint density at radius 3 is 0.356 bits per heavy atom. The van der Waals surface area contributed by atoms with Crippen molar-refractivity contribution in [2.45, 2.75) is 234 Å².